The Balaban J connectivity index is 1.58. The van der Waals surface area contributed by atoms with Gasteiger partial charge in [-0.05, 0) is 31.8 Å². The Morgan fingerprint density at radius 2 is 2.10 bits per heavy atom. The van der Waals surface area contributed by atoms with E-state index >= 15 is 0 Å². The second-order valence-electron chi connectivity index (χ2n) is 8.25. The van der Waals surface area contributed by atoms with Gasteiger partial charge >= 0.3 is 5.69 Å². The lowest BCUT2D eigenvalue weighted by atomic mass is 9.87. The van der Waals surface area contributed by atoms with Crippen molar-refractivity contribution in [3.63, 3.8) is 0 Å². The third-order valence-electron chi connectivity index (χ3n) is 5.88. The van der Waals surface area contributed by atoms with Crippen molar-refractivity contribution >= 4 is 17.7 Å². The fraction of sp³-hybridized carbons (Fsp3) is 0.526. The molecule has 0 amide bonds. The van der Waals surface area contributed by atoms with Crippen LogP contribution in [0.25, 0.3) is 11.7 Å². The van der Waals surface area contributed by atoms with E-state index < -0.39 is 5.69 Å². The monoisotopic (exact) mass is 412 g/mol. The lowest BCUT2D eigenvalue weighted by Crippen LogP contribution is -2.32. The molecule has 2 saturated carbocycles. The van der Waals surface area contributed by atoms with E-state index in [2.05, 4.69) is 35.3 Å². The van der Waals surface area contributed by atoms with Crippen molar-refractivity contribution in [2.24, 2.45) is 10.4 Å². The number of aromatic hydroxyl groups is 1. The fourth-order valence-electron chi connectivity index (χ4n) is 3.94. The Morgan fingerprint density at radius 3 is 2.77 bits per heavy atom. The van der Waals surface area contributed by atoms with Crippen LogP contribution in [0.15, 0.2) is 16.0 Å². The zero-order valence-electron chi connectivity index (χ0n) is 16.4. The standard InChI is InChI=1S/C19H24N8O3/c28-10-19(5-1-2-6-19)9-20-16-24-14-11(7-13-15(29)25-18(30)23-13)8-21-27(14)17(26-16)22-12-3-4-12/h7-8,12,28-29H,1-6,9-10H2,(H,20,22,26)(H2,23,25,30)/b11-7-. The van der Waals surface area contributed by atoms with E-state index in [1.807, 2.05) is 0 Å². The highest BCUT2D eigenvalue weighted by Crippen LogP contribution is 2.37. The summed E-state index contributed by atoms with van der Waals surface area (Å²) >= 11 is 0. The first-order valence-electron chi connectivity index (χ1n) is 10.2. The number of anilines is 1. The Labute approximate surface area is 170 Å². The minimum absolute atomic E-state index is 0.132. The summed E-state index contributed by atoms with van der Waals surface area (Å²) in [5, 5.41) is 28.0. The number of nitrogens with zero attached hydrogens (tertiary/aromatic N) is 5. The molecule has 0 bridgehead atoms. The number of rotatable bonds is 6. The molecule has 0 unspecified atom stereocenters. The first-order valence-corrected chi connectivity index (χ1v) is 10.2. The highest BCUT2D eigenvalue weighted by Gasteiger charge is 2.33. The van der Waals surface area contributed by atoms with Gasteiger partial charge in [-0.1, -0.05) is 12.8 Å². The van der Waals surface area contributed by atoms with E-state index in [9.17, 15) is 15.0 Å². The molecule has 2 fully saturated rings. The number of aliphatic hydroxyl groups is 1. The number of hydrogen-bond donors (Lipinski definition) is 5. The average molecular weight is 412 g/mol. The van der Waals surface area contributed by atoms with Crippen LogP contribution in [0.4, 0.5) is 5.95 Å². The second-order valence-corrected chi connectivity index (χ2v) is 8.25. The molecular formula is C19H24N8O3. The summed E-state index contributed by atoms with van der Waals surface area (Å²) in [5.74, 6) is 0.171. The van der Waals surface area contributed by atoms with E-state index in [1.165, 1.54) is 0 Å². The van der Waals surface area contributed by atoms with Crippen molar-refractivity contribution in [1.29, 1.82) is 0 Å². The lowest BCUT2D eigenvalue weighted by molar-refractivity contribution is 0.142. The van der Waals surface area contributed by atoms with E-state index in [0.717, 1.165) is 38.5 Å². The molecule has 3 aromatic rings. The van der Waals surface area contributed by atoms with Crippen LogP contribution < -0.4 is 21.8 Å². The summed E-state index contributed by atoms with van der Waals surface area (Å²) in [6.45, 7) is 0.717. The Morgan fingerprint density at radius 1 is 1.30 bits per heavy atom. The zero-order valence-corrected chi connectivity index (χ0v) is 16.4. The van der Waals surface area contributed by atoms with Gasteiger partial charge in [-0.3, -0.25) is 4.98 Å². The predicted molar refractivity (Wildman–Crippen MR) is 108 cm³/mol. The maximum Gasteiger partial charge on any atom is 0.326 e. The first-order chi connectivity index (χ1) is 14.5. The molecule has 0 aromatic carbocycles. The van der Waals surface area contributed by atoms with Crippen molar-refractivity contribution in [2.45, 2.75) is 44.6 Å². The van der Waals surface area contributed by atoms with Crippen molar-refractivity contribution in [1.82, 2.24) is 29.5 Å². The number of aromatic amines is 2. The molecule has 11 heteroatoms. The summed E-state index contributed by atoms with van der Waals surface area (Å²) in [7, 11) is 0. The molecule has 5 N–H and O–H groups in total. The predicted octanol–water partition coefficient (Wildman–Crippen LogP) is -0.578. The Hall–Kier alpha value is -3.21. The molecule has 0 saturated heterocycles. The number of fused-ring (bicyclic) bond motifs is 1. The topological polar surface area (TPSA) is 157 Å². The number of aliphatic hydroxyl groups excluding tert-OH is 1. The van der Waals surface area contributed by atoms with E-state index in [0.29, 0.717) is 29.0 Å². The van der Waals surface area contributed by atoms with Gasteiger partial charge in [-0.25, -0.2) is 9.79 Å². The maximum atomic E-state index is 11.4. The molecule has 0 atom stereocenters. The lowest BCUT2D eigenvalue weighted by Gasteiger charge is -2.26. The quantitative estimate of drug-likeness (QED) is 0.363. The highest BCUT2D eigenvalue weighted by molar-refractivity contribution is 5.57. The largest absolute Gasteiger partial charge is 0.493 e. The molecule has 2 aliphatic rings. The van der Waals surface area contributed by atoms with Crippen molar-refractivity contribution < 1.29 is 10.2 Å². The summed E-state index contributed by atoms with van der Waals surface area (Å²) in [6.07, 6.45) is 9.43. The molecule has 2 aliphatic carbocycles. The van der Waals surface area contributed by atoms with Crippen molar-refractivity contribution in [3.8, 4) is 5.88 Å². The molecule has 30 heavy (non-hydrogen) atoms. The van der Waals surface area contributed by atoms with E-state index in [1.54, 1.807) is 16.8 Å². The highest BCUT2D eigenvalue weighted by atomic mass is 16.3. The van der Waals surface area contributed by atoms with E-state index in [-0.39, 0.29) is 29.6 Å². The molecule has 0 spiro atoms. The zero-order chi connectivity index (χ0) is 20.7. The van der Waals surface area contributed by atoms with Gasteiger partial charge in [0.15, 0.2) is 5.65 Å². The molecule has 0 radical (unpaired) electrons. The third kappa shape index (κ3) is 3.56. The average Bonchev–Trinajstić information content (AvgIpc) is 3.12. The van der Waals surface area contributed by atoms with Gasteiger partial charge in [-0.2, -0.15) is 19.6 Å². The number of hydrogen-bond acceptors (Lipinski definition) is 8. The second kappa shape index (κ2) is 7.24. The minimum Gasteiger partial charge on any atom is -0.493 e. The summed E-state index contributed by atoms with van der Waals surface area (Å²) in [6, 6.07) is 0.247. The smallest absolute Gasteiger partial charge is 0.326 e. The minimum atomic E-state index is -0.498. The van der Waals surface area contributed by atoms with Crippen LogP contribution in [0.2, 0.25) is 0 Å². The fourth-order valence-corrected chi connectivity index (χ4v) is 3.94. The summed E-state index contributed by atoms with van der Waals surface area (Å²) in [4.78, 5) is 30.0. The van der Waals surface area contributed by atoms with Gasteiger partial charge in [0.25, 0.3) is 5.62 Å². The number of nitrogens with one attached hydrogen (secondary N) is 3. The van der Waals surface area contributed by atoms with Crippen LogP contribution in [-0.2, 0) is 0 Å². The van der Waals surface area contributed by atoms with Crippen LogP contribution in [0.3, 0.4) is 0 Å². The SMILES string of the molecule is O=c1[nH]c(O)c(/C=c2/cnn3c(=NC4CC4)nc(NCC4(CO)CCCC4)nc23)[nH]1. The van der Waals surface area contributed by atoms with Gasteiger partial charge in [-0.15, -0.1) is 0 Å². The molecule has 158 valence electrons. The number of aromatic nitrogens is 6. The normalized spacial score (nSPS) is 19.8. The summed E-state index contributed by atoms with van der Waals surface area (Å²) < 4.78 is 1.56. The molecule has 3 aromatic heterocycles. The Kier molecular flexibility index (Phi) is 4.54. The van der Waals surface area contributed by atoms with Gasteiger partial charge in [0.05, 0.1) is 18.8 Å². The van der Waals surface area contributed by atoms with Gasteiger partial charge in [0.2, 0.25) is 11.8 Å². The molecule has 11 nitrogen and oxygen atoms in total. The van der Waals surface area contributed by atoms with Crippen LogP contribution >= 0.6 is 0 Å². The molecular weight excluding hydrogens is 388 g/mol. The van der Waals surface area contributed by atoms with Crippen LogP contribution in [0.5, 0.6) is 5.88 Å². The van der Waals surface area contributed by atoms with Crippen LogP contribution in [0, 0.1) is 5.41 Å². The van der Waals surface area contributed by atoms with Gasteiger partial charge in [0, 0.05) is 17.2 Å². The van der Waals surface area contributed by atoms with E-state index in [4.69, 9.17) is 0 Å². The Bertz CT molecular complexity index is 1250. The van der Waals surface area contributed by atoms with Crippen molar-refractivity contribution in [2.75, 3.05) is 18.5 Å². The van der Waals surface area contributed by atoms with Crippen LogP contribution in [-0.4, -0.2) is 59.0 Å². The van der Waals surface area contributed by atoms with Crippen LogP contribution in [0.1, 0.15) is 44.2 Å². The van der Waals surface area contributed by atoms with Gasteiger partial charge in [0.1, 0.15) is 5.69 Å². The number of H-pyrrole nitrogens is 2. The molecule has 3 heterocycles. The number of imidazole rings is 1. The van der Waals surface area contributed by atoms with Crippen molar-refractivity contribution in [3.05, 3.63) is 33.2 Å². The first kappa shape index (κ1) is 18.8. The summed E-state index contributed by atoms with van der Waals surface area (Å²) in [5.41, 5.74) is 0.574. The maximum absolute atomic E-state index is 11.4. The molecule has 5 rings (SSSR count). The molecule has 0 aliphatic heterocycles. The third-order valence-corrected chi connectivity index (χ3v) is 5.88. The van der Waals surface area contributed by atoms with Gasteiger partial charge < -0.3 is 20.5 Å².